The van der Waals surface area contributed by atoms with Gasteiger partial charge in [0.25, 0.3) is 0 Å². The zero-order chi connectivity index (χ0) is 12.0. The largest absolute Gasteiger partial charge is 0.348 e. The summed E-state index contributed by atoms with van der Waals surface area (Å²) in [7, 11) is 4.09. The highest BCUT2D eigenvalue weighted by atomic mass is 32.2. The summed E-state index contributed by atoms with van der Waals surface area (Å²) in [6.07, 6.45) is 5.33. The van der Waals surface area contributed by atoms with Crippen LogP contribution in [0, 0.1) is 0 Å². The minimum absolute atomic E-state index is 0.557. The zero-order valence-corrected chi connectivity index (χ0v) is 12.1. The lowest BCUT2D eigenvalue weighted by Crippen LogP contribution is -2.29. The van der Waals surface area contributed by atoms with Gasteiger partial charge in [0, 0.05) is 30.7 Å². The maximum Gasteiger partial charge on any atom is 0.185 e. The van der Waals surface area contributed by atoms with Crippen LogP contribution in [0.2, 0.25) is 0 Å². The van der Waals surface area contributed by atoms with E-state index in [0.29, 0.717) is 6.04 Å². The fourth-order valence-corrected chi connectivity index (χ4v) is 2.95. The number of hydrogen-bond acceptors (Lipinski definition) is 5. The molecule has 1 N–H and O–H groups in total. The summed E-state index contributed by atoms with van der Waals surface area (Å²) in [5, 5.41) is 4.27. The minimum atomic E-state index is 0.557. The first-order chi connectivity index (χ1) is 7.69. The third kappa shape index (κ3) is 3.96. The van der Waals surface area contributed by atoms with Gasteiger partial charge in [-0.15, -0.1) is 11.3 Å². The third-order valence-corrected chi connectivity index (χ3v) is 4.33. The Bertz CT molecular complexity index is 301. The molecule has 92 valence electrons. The zero-order valence-electron chi connectivity index (χ0n) is 10.5. The first-order valence-electron chi connectivity index (χ1n) is 5.50. The Morgan fingerprint density at radius 2 is 2.38 bits per heavy atom. The molecule has 0 aliphatic carbocycles. The molecule has 1 heterocycles. The van der Waals surface area contributed by atoms with Gasteiger partial charge in [0.05, 0.1) is 0 Å². The number of hydrogen-bond donors (Lipinski definition) is 1. The van der Waals surface area contributed by atoms with E-state index in [4.69, 9.17) is 0 Å². The van der Waals surface area contributed by atoms with Crippen molar-refractivity contribution >= 4 is 28.2 Å². The van der Waals surface area contributed by atoms with Crippen molar-refractivity contribution in [3.63, 3.8) is 0 Å². The summed E-state index contributed by atoms with van der Waals surface area (Å²) in [5.41, 5.74) is 0. The second kappa shape index (κ2) is 7.14. The van der Waals surface area contributed by atoms with Crippen LogP contribution in [0.15, 0.2) is 6.20 Å². The van der Waals surface area contributed by atoms with Gasteiger partial charge in [0.15, 0.2) is 5.13 Å². The molecule has 0 aliphatic heterocycles. The molecule has 1 rings (SSSR count). The highest BCUT2D eigenvalue weighted by Gasteiger charge is 2.12. The number of anilines is 1. The summed E-state index contributed by atoms with van der Waals surface area (Å²) >= 11 is 3.68. The van der Waals surface area contributed by atoms with Crippen molar-refractivity contribution in [1.29, 1.82) is 0 Å². The molecular weight excluding hydrogens is 238 g/mol. The van der Waals surface area contributed by atoms with Crippen molar-refractivity contribution in [1.82, 2.24) is 10.3 Å². The van der Waals surface area contributed by atoms with E-state index in [1.165, 1.54) is 17.1 Å². The molecule has 3 nitrogen and oxygen atoms in total. The number of nitrogens with one attached hydrogen (secondary N) is 1. The van der Waals surface area contributed by atoms with E-state index in [2.05, 4.69) is 35.4 Å². The summed E-state index contributed by atoms with van der Waals surface area (Å²) < 4.78 is 0. The highest BCUT2D eigenvalue weighted by Crippen LogP contribution is 2.23. The second-order valence-corrected chi connectivity index (χ2v) is 5.96. The lowest BCUT2D eigenvalue weighted by molar-refractivity contribution is 0.667. The molecule has 1 unspecified atom stereocenters. The number of aromatic nitrogens is 1. The Morgan fingerprint density at radius 3 is 3.00 bits per heavy atom. The number of thioether (sulfide) groups is 1. The Hall–Kier alpha value is -0.260. The van der Waals surface area contributed by atoms with E-state index in [1.54, 1.807) is 11.3 Å². The summed E-state index contributed by atoms with van der Waals surface area (Å²) in [5.74, 6) is 1.21. The Morgan fingerprint density at radius 1 is 1.62 bits per heavy atom. The molecule has 0 saturated heterocycles. The van der Waals surface area contributed by atoms with Gasteiger partial charge in [-0.3, -0.25) is 0 Å². The van der Waals surface area contributed by atoms with Crippen LogP contribution in [0.5, 0.6) is 0 Å². The van der Waals surface area contributed by atoms with Crippen molar-refractivity contribution in [2.75, 3.05) is 31.0 Å². The van der Waals surface area contributed by atoms with Crippen LogP contribution in [0.25, 0.3) is 0 Å². The molecule has 1 atom stereocenters. The van der Waals surface area contributed by atoms with E-state index in [-0.39, 0.29) is 0 Å². The van der Waals surface area contributed by atoms with E-state index in [9.17, 15) is 0 Å². The predicted octanol–water partition coefficient (Wildman–Crippen LogP) is 2.44. The molecule has 0 radical (unpaired) electrons. The monoisotopic (exact) mass is 259 g/mol. The fourth-order valence-electron chi connectivity index (χ4n) is 1.39. The molecule has 0 spiro atoms. The summed E-state index contributed by atoms with van der Waals surface area (Å²) in [6.45, 7) is 3.17. The van der Waals surface area contributed by atoms with E-state index in [1.807, 2.05) is 25.0 Å². The lowest BCUT2D eigenvalue weighted by Gasteiger charge is -2.23. The molecule has 1 aromatic heterocycles. The maximum atomic E-state index is 4.46. The third-order valence-electron chi connectivity index (χ3n) is 2.60. The van der Waals surface area contributed by atoms with E-state index < -0.39 is 0 Å². The fraction of sp³-hybridized carbons (Fsp3) is 0.727. The SMILES string of the molecule is CNCc1cnc(N(C)C(C)CCSC)s1. The van der Waals surface area contributed by atoms with Crippen molar-refractivity contribution in [2.24, 2.45) is 0 Å². The van der Waals surface area contributed by atoms with Crippen LogP contribution < -0.4 is 10.2 Å². The number of nitrogens with zero attached hydrogens (tertiary/aromatic N) is 2. The number of thiazole rings is 1. The first-order valence-corrected chi connectivity index (χ1v) is 7.71. The van der Waals surface area contributed by atoms with Crippen LogP contribution in [0.3, 0.4) is 0 Å². The molecule has 0 aromatic carbocycles. The Labute approximate surface area is 107 Å². The predicted molar refractivity (Wildman–Crippen MR) is 75.7 cm³/mol. The molecule has 0 amide bonds. The standard InChI is InChI=1S/C11H21N3S2/c1-9(5-6-15-4)14(3)11-13-8-10(16-11)7-12-2/h8-9,12H,5-7H2,1-4H3. The van der Waals surface area contributed by atoms with E-state index >= 15 is 0 Å². The smallest absolute Gasteiger partial charge is 0.185 e. The Balaban J connectivity index is 2.53. The minimum Gasteiger partial charge on any atom is -0.348 e. The highest BCUT2D eigenvalue weighted by molar-refractivity contribution is 7.98. The average Bonchev–Trinajstić information content (AvgIpc) is 2.74. The van der Waals surface area contributed by atoms with Gasteiger partial charge in [0.1, 0.15) is 0 Å². The number of rotatable bonds is 7. The maximum absolute atomic E-state index is 4.46. The molecule has 16 heavy (non-hydrogen) atoms. The Kier molecular flexibility index (Phi) is 6.16. The molecule has 0 saturated carbocycles. The topological polar surface area (TPSA) is 28.2 Å². The van der Waals surface area contributed by atoms with Crippen molar-refractivity contribution in [2.45, 2.75) is 25.9 Å². The lowest BCUT2D eigenvalue weighted by atomic mass is 10.2. The van der Waals surface area contributed by atoms with E-state index in [0.717, 1.165) is 11.7 Å². The van der Waals surface area contributed by atoms with Crippen LogP contribution in [0.4, 0.5) is 5.13 Å². The normalized spacial score (nSPS) is 12.8. The molecular formula is C11H21N3S2. The van der Waals surface area contributed by atoms with Crippen LogP contribution >= 0.6 is 23.1 Å². The van der Waals surface area contributed by atoms with Crippen molar-refractivity contribution in [3.05, 3.63) is 11.1 Å². The molecule has 0 fully saturated rings. The van der Waals surface area contributed by atoms with Crippen molar-refractivity contribution in [3.8, 4) is 0 Å². The average molecular weight is 259 g/mol. The first kappa shape index (κ1) is 13.8. The van der Waals surface area contributed by atoms with Gasteiger partial charge in [-0.2, -0.15) is 11.8 Å². The summed E-state index contributed by atoms with van der Waals surface area (Å²) in [6, 6.07) is 0.557. The van der Waals surface area contributed by atoms with Gasteiger partial charge in [-0.1, -0.05) is 0 Å². The summed E-state index contributed by atoms with van der Waals surface area (Å²) in [4.78, 5) is 8.03. The molecule has 1 aromatic rings. The van der Waals surface area contributed by atoms with Gasteiger partial charge in [-0.25, -0.2) is 4.98 Å². The van der Waals surface area contributed by atoms with Crippen LogP contribution in [0.1, 0.15) is 18.2 Å². The van der Waals surface area contributed by atoms with Gasteiger partial charge < -0.3 is 10.2 Å². The van der Waals surface area contributed by atoms with Crippen LogP contribution in [-0.4, -0.2) is 37.1 Å². The van der Waals surface area contributed by atoms with Gasteiger partial charge in [0.2, 0.25) is 0 Å². The molecule has 0 aliphatic rings. The molecule has 5 heteroatoms. The quantitative estimate of drug-likeness (QED) is 0.814. The van der Waals surface area contributed by atoms with Gasteiger partial charge in [-0.05, 0) is 32.4 Å². The van der Waals surface area contributed by atoms with Crippen LogP contribution in [-0.2, 0) is 6.54 Å². The van der Waals surface area contributed by atoms with Gasteiger partial charge >= 0.3 is 0 Å². The molecule has 0 bridgehead atoms. The van der Waals surface area contributed by atoms with Crippen molar-refractivity contribution < 1.29 is 0 Å². The second-order valence-electron chi connectivity index (χ2n) is 3.88.